The molecule has 5 nitrogen and oxygen atoms in total. The van der Waals surface area contributed by atoms with Crippen molar-refractivity contribution in [3.05, 3.63) is 78.6 Å². The Morgan fingerprint density at radius 2 is 1.45 bits per heavy atom. The van der Waals surface area contributed by atoms with E-state index in [4.69, 9.17) is 4.74 Å². The molecule has 0 spiro atoms. The van der Waals surface area contributed by atoms with Gasteiger partial charge >= 0.3 is 0 Å². The molecule has 1 fully saturated rings. The van der Waals surface area contributed by atoms with Gasteiger partial charge < -0.3 is 9.64 Å². The van der Waals surface area contributed by atoms with Crippen molar-refractivity contribution in [2.45, 2.75) is 25.8 Å². The number of benzene rings is 2. The molecule has 0 atom stereocenters. The van der Waals surface area contributed by atoms with Crippen LogP contribution in [0.4, 0.5) is 0 Å². The van der Waals surface area contributed by atoms with Crippen molar-refractivity contribution < 1.29 is 4.74 Å². The summed E-state index contributed by atoms with van der Waals surface area (Å²) in [7, 11) is 0. The Kier molecular flexibility index (Phi) is 8.02. The van der Waals surface area contributed by atoms with Gasteiger partial charge in [0.05, 0.1) is 12.3 Å². The Balaban J connectivity index is 1.09. The Labute approximate surface area is 185 Å². The summed E-state index contributed by atoms with van der Waals surface area (Å²) in [6.07, 6.45) is 5.04. The first-order chi connectivity index (χ1) is 15.4. The lowest BCUT2D eigenvalue weighted by molar-refractivity contribution is 0.125. The van der Waals surface area contributed by atoms with Gasteiger partial charge in [-0.3, -0.25) is 4.90 Å². The van der Waals surface area contributed by atoms with E-state index in [0.29, 0.717) is 12.5 Å². The van der Waals surface area contributed by atoms with E-state index in [9.17, 15) is 0 Å². The zero-order valence-corrected chi connectivity index (χ0v) is 18.2. The first-order valence-electron chi connectivity index (χ1n) is 11.4. The number of ether oxygens (including phenoxy) is 1. The molecule has 0 radical (unpaired) electrons. The van der Waals surface area contributed by atoms with Crippen LogP contribution < -0.4 is 4.74 Å². The average Bonchev–Trinajstić information content (AvgIpc) is 2.84. The maximum absolute atomic E-state index is 5.86. The van der Waals surface area contributed by atoms with Crippen molar-refractivity contribution in [2.75, 3.05) is 39.3 Å². The zero-order valence-electron chi connectivity index (χ0n) is 18.2. The smallest absolute Gasteiger partial charge is 0.216 e. The Hall–Kier alpha value is -2.76. The highest BCUT2D eigenvalue weighted by Crippen LogP contribution is 2.19. The number of piperazine rings is 1. The molecule has 3 aromatic rings. The van der Waals surface area contributed by atoms with Crippen LogP contribution in [0.3, 0.4) is 0 Å². The van der Waals surface area contributed by atoms with Gasteiger partial charge in [-0.25, -0.2) is 9.97 Å². The van der Waals surface area contributed by atoms with E-state index in [1.54, 1.807) is 6.33 Å². The van der Waals surface area contributed by atoms with Crippen LogP contribution in [0.1, 0.15) is 24.8 Å². The average molecular weight is 417 g/mol. The maximum Gasteiger partial charge on any atom is 0.216 e. The van der Waals surface area contributed by atoms with Crippen molar-refractivity contribution in [3.63, 3.8) is 0 Å². The van der Waals surface area contributed by atoms with Crippen LogP contribution in [0.2, 0.25) is 0 Å². The van der Waals surface area contributed by atoms with Gasteiger partial charge in [-0.05, 0) is 31.4 Å². The van der Waals surface area contributed by atoms with Crippen LogP contribution >= 0.6 is 0 Å². The fourth-order valence-electron chi connectivity index (χ4n) is 3.99. The summed E-state index contributed by atoms with van der Waals surface area (Å²) >= 11 is 0. The summed E-state index contributed by atoms with van der Waals surface area (Å²) in [5.74, 6) is 0.656. The van der Waals surface area contributed by atoms with Crippen LogP contribution in [-0.2, 0) is 6.54 Å². The molecule has 1 aliphatic heterocycles. The minimum Gasteiger partial charge on any atom is -0.478 e. The van der Waals surface area contributed by atoms with Gasteiger partial charge in [0.2, 0.25) is 5.88 Å². The molecule has 4 rings (SSSR count). The Morgan fingerprint density at radius 1 is 0.742 bits per heavy atom. The minimum absolute atomic E-state index is 0.656. The van der Waals surface area contributed by atoms with E-state index < -0.39 is 0 Å². The van der Waals surface area contributed by atoms with Gasteiger partial charge in [0.1, 0.15) is 6.33 Å². The molecule has 0 N–H and O–H groups in total. The number of hydrogen-bond acceptors (Lipinski definition) is 5. The molecule has 31 heavy (non-hydrogen) atoms. The third-order valence-electron chi connectivity index (χ3n) is 5.79. The van der Waals surface area contributed by atoms with Crippen molar-refractivity contribution in [3.8, 4) is 17.1 Å². The highest BCUT2D eigenvalue weighted by atomic mass is 16.5. The molecule has 2 heterocycles. The van der Waals surface area contributed by atoms with Gasteiger partial charge in [0.15, 0.2) is 0 Å². The normalized spacial score (nSPS) is 15.1. The topological polar surface area (TPSA) is 41.5 Å². The van der Waals surface area contributed by atoms with E-state index in [2.05, 4.69) is 50.1 Å². The lowest BCUT2D eigenvalue weighted by Crippen LogP contribution is -2.46. The first-order valence-corrected chi connectivity index (χ1v) is 11.4. The first kappa shape index (κ1) is 21.5. The number of aromatic nitrogens is 2. The third-order valence-corrected chi connectivity index (χ3v) is 5.79. The summed E-state index contributed by atoms with van der Waals surface area (Å²) in [4.78, 5) is 13.8. The second kappa shape index (κ2) is 11.6. The van der Waals surface area contributed by atoms with Crippen molar-refractivity contribution in [2.24, 2.45) is 0 Å². The maximum atomic E-state index is 5.86. The van der Waals surface area contributed by atoms with E-state index >= 15 is 0 Å². The predicted molar refractivity (Wildman–Crippen MR) is 125 cm³/mol. The molecule has 0 unspecified atom stereocenters. The Bertz CT molecular complexity index is 896. The largest absolute Gasteiger partial charge is 0.478 e. The second-order valence-electron chi connectivity index (χ2n) is 8.12. The van der Waals surface area contributed by atoms with Crippen LogP contribution in [0.25, 0.3) is 11.3 Å². The fourth-order valence-corrected chi connectivity index (χ4v) is 3.99. The lowest BCUT2D eigenvalue weighted by Gasteiger charge is -2.34. The second-order valence-corrected chi connectivity index (χ2v) is 8.12. The van der Waals surface area contributed by atoms with Gasteiger partial charge in [-0.2, -0.15) is 0 Å². The monoisotopic (exact) mass is 416 g/mol. The van der Waals surface area contributed by atoms with Crippen LogP contribution in [0.5, 0.6) is 5.88 Å². The molecule has 5 heteroatoms. The molecule has 0 amide bonds. The van der Waals surface area contributed by atoms with E-state index in [0.717, 1.165) is 37.3 Å². The quantitative estimate of drug-likeness (QED) is 0.455. The lowest BCUT2D eigenvalue weighted by atomic mass is 10.1. The van der Waals surface area contributed by atoms with E-state index in [1.165, 1.54) is 38.0 Å². The summed E-state index contributed by atoms with van der Waals surface area (Å²) in [5.41, 5.74) is 3.39. The SMILES string of the molecule is c1ccc(CN2CCN(CCCCCOc3cc(-c4ccccc4)ncn3)CC2)cc1. The van der Waals surface area contributed by atoms with Gasteiger partial charge in [-0.1, -0.05) is 60.7 Å². The molecule has 0 aliphatic carbocycles. The molecule has 162 valence electrons. The van der Waals surface area contributed by atoms with Crippen molar-refractivity contribution in [1.29, 1.82) is 0 Å². The van der Waals surface area contributed by atoms with Crippen LogP contribution in [-0.4, -0.2) is 59.1 Å². The minimum atomic E-state index is 0.656. The number of hydrogen-bond donors (Lipinski definition) is 0. The summed E-state index contributed by atoms with van der Waals surface area (Å²) in [6, 6.07) is 22.8. The van der Waals surface area contributed by atoms with E-state index in [-0.39, 0.29) is 0 Å². The number of unbranched alkanes of at least 4 members (excludes halogenated alkanes) is 2. The molecule has 1 saturated heterocycles. The molecule has 1 aromatic heterocycles. The highest BCUT2D eigenvalue weighted by Gasteiger charge is 2.16. The third kappa shape index (κ3) is 6.88. The molecular formula is C26H32N4O. The highest BCUT2D eigenvalue weighted by molar-refractivity contribution is 5.59. The Morgan fingerprint density at radius 3 is 2.23 bits per heavy atom. The van der Waals surface area contributed by atoms with Crippen molar-refractivity contribution >= 4 is 0 Å². The molecule has 0 bridgehead atoms. The summed E-state index contributed by atoms with van der Waals surface area (Å²) in [6.45, 7) is 7.63. The van der Waals surface area contributed by atoms with Crippen LogP contribution in [0.15, 0.2) is 73.1 Å². The molecule has 2 aromatic carbocycles. The van der Waals surface area contributed by atoms with Gasteiger partial charge in [0, 0.05) is 44.4 Å². The van der Waals surface area contributed by atoms with Gasteiger partial charge in [0.25, 0.3) is 0 Å². The van der Waals surface area contributed by atoms with Crippen LogP contribution in [0, 0.1) is 0 Å². The number of rotatable bonds is 10. The predicted octanol–water partition coefficient (Wildman–Crippen LogP) is 4.51. The summed E-state index contributed by atoms with van der Waals surface area (Å²) in [5, 5.41) is 0. The molecule has 1 aliphatic rings. The summed E-state index contributed by atoms with van der Waals surface area (Å²) < 4.78 is 5.86. The van der Waals surface area contributed by atoms with E-state index in [1.807, 2.05) is 36.4 Å². The fraction of sp³-hybridized carbons (Fsp3) is 0.385. The molecule has 0 saturated carbocycles. The van der Waals surface area contributed by atoms with Gasteiger partial charge in [-0.15, -0.1) is 0 Å². The van der Waals surface area contributed by atoms with Crippen molar-refractivity contribution in [1.82, 2.24) is 19.8 Å². The number of nitrogens with zero attached hydrogens (tertiary/aromatic N) is 4. The standard InChI is InChI=1S/C26H32N4O/c1-4-10-23(11-5-1)21-30-17-15-29(16-18-30)14-8-3-9-19-31-26-20-25(27-22-28-26)24-12-6-2-7-13-24/h1-2,4-7,10-13,20,22H,3,8-9,14-19,21H2. The molecular weight excluding hydrogens is 384 g/mol. The zero-order chi connectivity index (χ0) is 21.1.